The van der Waals surface area contributed by atoms with Crippen LogP contribution in [-0.2, 0) is 16.6 Å². The molecule has 0 aromatic carbocycles. The predicted molar refractivity (Wildman–Crippen MR) is 79.4 cm³/mol. The van der Waals surface area contributed by atoms with Crippen LogP contribution in [0.2, 0.25) is 0 Å². The molecule has 7 nitrogen and oxygen atoms in total. The minimum absolute atomic E-state index is 0.135. The van der Waals surface area contributed by atoms with Crippen LogP contribution >= 0.6 is 11.3 Å². The van der Waals surface area contributed by atoms with Crippen molar-refractivity contribution in [2.45, 2.75) is 19.9 Å². The van der Waals surface area contributed by atoms with E-state index in [0.29, 0.717) is 32.6 Å². The Hall–Kier alpha value is -1.03. The minimum atomic E-state index is -3.13. The SMILES string of the molecule is CCN(CCCNCc1ccc([N+](=O)[O-])s1)S(C)(=O)=O. The van der Waals surface area contributed by atoms with Gasteiger partial charge in [-0.3, -0.25) is 10.1 Å². The quantitative estimate of drug-likeness (QED) is 0.422. The predicted octanol–water partition coefficient (Wildman–Crippen LogP) is 1.42. The first-order valence-corrected chi connectivity index (χ1v) is 8.90. The molecule has 0 radical (unpaired) electrons. The zero-order valence-electron chi connectivity index (χ0n) is 11.5. The molecule has 0 bridgehead atoms. The fourth-order valence-electron chi connectivity index (χ4n) is 1.71. The highest BCUT2D eigenvalue weighted by molar-refractivity contribution is 7.88. The zero-order valence-corrected chi connectivity index (χ0v) is 13.2. The molecular weight excluding hydrogens is 302 g/mol. The van der Waals surface area contributed by atoms with Gasteiger partial charge in [-0.05, 0) is 19.0 Å². The number of hydrogen-bond donors (Lipinski definition) is 1. The molecule has 0 amide bonds. The first-order chi connectivity index (χ1) is 9.34. The van der Waals surface area contributed by atoms with Gasteiger partial charge in [-0.15, -0.1) is 0 Å². The summed E-state index contributed by atoms with van der Waals surface area (Å²) in [5.41, 5.74) is 0. The lowest BCUT2D eigenvalue weighted by molar-refractivity contribution is -0.380. The van der Waals surface area contributed by atoms with Gasteiger partial charge in [0, 0.05) is 30.6 Å². The van der Waals surface area contributed by atoms with Crippen LogP contribution in [0, 0.1) is 10.1 Å². The summed E-state index contributed by atoms with van der Waals surface area (Å²) < 4.78 is 24.1. The van der Waals surface area contributed by atoms with E-state index in [2.05, 4.69) is 5.32 Å². The van der Waals surface area contributed by atoms with Crippen LogP contribution in [0.5, 0.6) is 0 Å². The van der Waals surface area contributed by atoms with E-state index in [1.807, 2.05) is 0 Å². The smallest absolute Gasteiger partial charge is 0.312 e. The van der Waals surface area contributed by atoms with Crippen molar-refractivity contribution in [2.75, 3.05) is 25.9 Å². The van der Waals surface area contributed by atoms with E-state index in [1.54, 1.807) is 13.0 Å². The minimum Gasteiger partial charge on any atom is -0.312 e. The van der Waals surface area contributed by atoms with Gasteiger partial charge in [0.2, 0.25) is 10.0 Å². The summed E-state index contributed by atoms with van der Waals surface area (Å²) in [5.74, 6) is 0. The highest BCUT2D eigenvalue weighted by Gasteiger charge is 2.13. The van der Waals surface area contributed by atoms with Crippen LogP contribution in [0.1, 0.15) is 18.2 Å². The van der Waals surface area contributed by atoms with Gasteiger partial charge in [0.05, 0.1) is 11.2 Å². The monoisotopic (exact) mass is 321 g/mol. The van der Waals surface area contributed by atoms with Gasteiger partial charge in [-0.1, -0.05) is 18.3 Å². The Kier molecular flexibility index (Phi) is 6.53. The van der Waals surface area contributed by atoms with Gasteiger partial charge < -0.3 is 5.32 Å². The van der Waals surface area contributed by atoms with E-state index >= 15 is 0 Å². The Labute approximate surface area is 122 Å². The molecule has 0 unspecified atom stereocenters. The summed E-state index contributed by atoms with van der Waals surface area (Å²) in [7, 11) is -3.13. The normalized spacial score (nSPS) is 11.9. The van der Waals surface area contributed by atoms with E-state index in [-0.39, 0.29) is 5.00 Å². The maximum Gasteiger partial charge on any atom is 0.324 e. The molecular formula is C11H19N3O4S2. The van der Waals surface area contributed by atoms with Crippen molar-refractivity contribution in [1.82, 2.24) is 9.62 Å². The Morgan fingerprint density at radius 3 is 2.65 bits per heavy atom. The highest BCUT2D eigenvalue weighted by atomic mass is 32.2. The first kappa shape index (κ1) is 17.0. The number of nitrogens with zero attached hydrogens (tertiary/aromatic N) is 2. The molecule has 0 fully saturated rings. The van der Waals surface area contributed by atoms with E-state index in [9.17, 15) is 18.5 Å². The number of nitrogens with one attached hydrogen (secondary N) is 1. The van der Waals surface area contributed by atoms with Crippen LogP contribution in [0.25, 0.3) is 0 Å². The van der Waals surface area contributed by atoms with E-state index in [0.717, 1.165) is 16.2 Å². The van der Waals surface area contributed by atoms with E-state index in [4.69, 9.17) is 0 Å². The van der Waals surface area contributed by atoms with Crippen LogP contribution in [-0.4, -0.2) is 43.5 Å². The fourth-order valence-corrected chi connectivity index (χ4v) is 3.43. The second-order valence-corrected chi connectivity index (χ2v) is 7.41. The van der Waals surface area contributed by atoms with Crippen molar-refractivity contribution in [3.8, 4) is 0 Å². The molecule has 9 heteroatoms. The summed E-state index contributed by atoms with van der Waals surface area (Å²) >= 11 is 1.15. The van der Waals surface area contributed by atoms with Crippen molar-refractivity contribution >= 4 is 26.4 Å². The molecule has 1 rings (SSSR count). The average Bonchev–Trinajstić information content (AvgIpc) is 2.81. The molecule has 114 valence electrons. The third-order valence-electron chi connectivity index (χ3n) is 2.71. The van der Waals surface area contributed by atoms with Crippen molar-refractivity contribution in [2.24, 2.45) is 0 Å². The summed E-state index contributed by atoms with van der Waals surface area (Å²) in [6.07, 6.45) is 1.91. The van der Waals surface area contributed by atoms with E-state index < -0.39 is 14.9 Å². The molecule has 1 heterocycles. The van der Waals surface area contributed by atoms with Crippen molar-refractivity contribution in [3.63, 3.8) is 0 Å². The average molecular weight is 321 g/mol. The van der Waals surface area contributed by atoms with Crippen LogP contribution in [0.4, 0.5) is 5.00 Å². The maximum absolute atomic E-state index is 11.4. The van der Waals surface area contributed by atoms with Crippen molar-refractivity contribution < 1.29 is 13.3 Å². The Morgan fingerprint density at radius 2 is 2.15 bits per heavy atom. The summed E-state index contributed by atoms with van der Waals surface area (Å²) in [5, 5.41) is 13.8. The lowest BCUT2D eigenvalue weighted by Gasteiger charge is -2.17. The third kappa shape index (κ3) is 5.53. The zero-order chi connectivity index (χ0) is 15.2. The Bertz CT molecular complexity index is 542. The molecule has 1 N–H and O–H groups in total. The summed E-state index contributed by atoms with van der Waals surface area (Å²) in [4.78, 5) is 11.0. The topological polar surface area (TPSA) is 92.5 Å². The van der Waals surface area contributed by atoms with Crippen molar-refractivity contribution in [1.29, 1.82) is 0 Å². The largest absolute Gasteiger partial charge is 0.324 e. The van der Waals surface area contributed by atoms with Gasteiger partial charge in [-0.2, -0.15) is 0 Å². The number of sulfonamides is 1. The number of nitro groups is 1. The fraction of sp³-hybridized carbons (Fsp3) is 0.636. The standard InChI is InChI=1S/C11H19N3O4S2/c1-3-13(20(2,17)18)8-4-7-12-9-10-5-6-11(19-10)14(15)16/h5-6,12H,3-4,7-9H2,1-2H3. The number of thiophene rings is 1. The molecule has 0 spiro atoms. The first-order valence-electron chi connectivity index (χ1n) is 6.23. The van der Waals surface area contributed by atoms with Crippen LogP contribution in [0.15, 0.2) is 12.1 Å². The second-order valence-electron chi connectivity index (χ2n) is 4.28. The molecule has 20 heavy (non-hydrogen) atoms. The van der Waals surface area contributed by atoms with Crippen LogP contribution < -0.4 is 5.32 Å². The van der Waals surface area contributed by atoms with Gasteiger partial charge in [-0.25, -0.2) is 12.7 Å². The number of rotatable bonds is 9. The number of hydrogen-bond acceptors (Lipinski definition) is 6. The Balaban J connectivity index is 2.26. The Morgan fingerprint density at radius 1 is 1.45 bits per heavy atom. The van der Waals surface area contributed by atoms with Gasteiger partial charge in [0.25, 0.3) is 0 Å². The lowest BCUT2D eigenvalue weighted by atomic mass is 10.4. The molecule has 0 saturated carbocycles. The molecule has 1 aromatic rings. The molecule has 0 aliphatic heterocycles. The molecule has 0 saturated heterocycles. The highest BCUT2D eigenvalue weighted by Crippen LogP contribution is 2.23. The van der Waals surface area contributed by atoms with E-state index in [1.165, 1.54) is 16.6 Å². The molecule has 1 aromatic heterocycles. The van der Waals surface area contributed by atoms with Crippen molar-refractivity contribution in [3.05, 3.63) is 27.1 Å². The molecule has 0 atom stereocenters. The van der Waals surface area contributed by atoms with Crippen LogP contribution in [0.3, 0.4) is 0 Å². The molecule has 0 aliphatic carbocycles. The maximum atomic E-state index is 11.4. The van der Waals surface area contributed by atoms with Gasteiger partial charge in [0.1, 0.15) is 0 Å². The van der Waals surface area contributed by atoms with Gasteiger partial charge in [0.15, 0.2) is 0 Å². The third-order valence-corrected chi connectivity index (χ3v) is 5.13. The lowest BCUT2D eigenvalue weighted by Crippen LogP contribution is -2.32. The molecule has 0 aliphatic rings. The van der Waals surface area contributed by atoms with Gasteiger partial charge >= 0.3 is 5.00 Å². The summed E-state index contributed by atoms with van der Waals surface area (Å²) in [6, 6.07) is 3.22. The second kappa shape index (κ2) is 7.67. The summed E-state index contributed by atoms with van der Waals surface area (Å²) in [6.45, 7) is 3.98.